The lowest BCUT2D eigenvalue weighted by molar-refractivity contribution is 0.0985. The van der Waals surface area contributed by atoms with Gasteiger partial charge in [-0.3, -0.25) is 9.69 Å². The Kier molecular flexibility index (Phi) is 12.5. The number of ether oxygens (including phenoxy) is 2. The fourth-order valence-electron chi connectivity index (χ4n) is 3.64. The van der Waals surface area contributed by atoms with Crippen LogP contribution in [0.2, 0.25) is 0 Å². The van der Waals surface area contributed by atoms with Crippen LogP contribution in [0.15, 0.2) is 52.3 Å². The molecule has 0 N–H and O–H groups in total. The van der Waals surface area contributed by atoms with Gasteiger partial charge in [0.25, 0.3) is 5.91 Å². The van der Waals surface area contributed by atoms with Gasteiger partial charge in [-0.15, -0.1) is 12.4 Å². The summed E-state index contributed by atoms with van der Waals surface area (Å²) >= 11 is 1.22. The van der Waals surface area contributed by atoms with Crippen LogP contribution in [-0.4, -0.2) is 111 Å². The number of halogens is 1. The zero-order chi connectivity index (χ0) is 28.8. The molecule has 0 radical (unpaired) electrons. The van der Waals surface area contributed by atoms with Gasteiger partial charge in [0.1, 0.15) is 0 Å². The van der Waals surface area contributed by atoms with E-state index in [1.165, 1.54) is 65.1 Å². The number of thiazole rings is 1. The number of likely N-dealkylation sites (N-methyl/N-ethyl adjacent to an activating group) is 1. The second-order valence-corrected chi connectivity index (χ2v) is 14.0. The minimum atomic E-state index is -3.83. The number of methoxy groups -OCH3 is 2. The lowest BCUT2D eigenvalue weighted by Crippen LogP contribution is -2.37. The first-order chi connectivity index (χ1) is 18.4. The van der Waals surface area contributed by atoms with E-state index in [4.69, 9.17) is 9.47 Å². The number of rotatable bonds is 14. The Morgan fingerprint density at radius 3 is 1.98 bits per heavy atom. The summed E-state index contributed by atoms with van der Waals surface area (Å²) in [6.45, 7) is 1.67. The van der Waals surface area contributed by atoms with E-state index in [-0.39, 0.29) is 54.4 Å². The molecule has 3 aromatic rings. The highest BCUT2D eigenvalue weighted by Crippen LogP contribution is 2.31. The van der Waals surface area contributed by atoms with Crippen molar-refractivity contribution in [2.45, 2.75) is 9.79 Å². The minimum Gasteiger partial charge on any atom is -0.383 e. The number of nitrogens with zero attached hydrogens (tertiary/aromatic N) is 4. The summed E-state index contributed by atoms with van der Waals surface area (Å²) in [5, 5.41) is 0.421. The topological polar surface area (TPSA) is 126 Å². The van der Waals surface area contributed by atoms with E-state index >= 15 is 0 Å². The number of hydrogen-bond donors (Lipinski definition) is 0. The number of amides is 1. The van der Waals surface area contributed by atoms with Crippen LogP contribution in [0.25, 0.3) is 10.2 Å². The summed E-state index contributed by atoms with van der Waals surface area (Å²) in [6, 6.07) is 10.5. The minimum absolute atomic E-state index is 0. The molecule has 0 fully saturated rings. The van der Waals surface area contributed by atoms with E-state index < -0.39 is 19.9 Å². The number of anilines is 1. The standard InChI is InChI=1S/C25H34N4O7S3.ClH/c1-27(2)12-13-29(25-26-22-11-10-21(38(5,31)32)18-23(22)37-25)24(30)19-6-8-20(9-7-19)39(33,34)28(14-16-35-3)15-17-36-4;/h6-11,18H,12-17H2,1-5H3;1H. The molecule has 2 aromatic carbocycles. The van der Waals surface area contributed by atoms with Crippen molar-refractivity contribution < 1.29 is 31.1 Å². The van der Waals surface area contributed by atoms with Gasteiger partial charge in [-0.1, -0.05) is 11.3 Å². The Balaban J connectivity index is 0.00000560. The molecule has 0 aliphatic rings. The third kappa shape index (κ3) is 8.42. The average molecular weight is 635 g/mol. The van der Waals surface area contributed by atoms with Crippen molar-refractivity contribution in [2.75, 3.05) is 78.9 Å². The summed E-state index contributed by atoms with van der Waals surface area (Å²) in [5.41, 5.74) is 0.878. The predicted molar refractivity (Wildman–Crippen MR) is 159 cm³/mol. The van der Waals surface area contributed by atoms with E-state index in [1.807, 2.05) is 19.0 Å². The molecule has 0 spiro atoms. The van der Waals surface area contributed by atoms with Crippen molar-refractivity contribution in [1.29, 1.82) is 0 Å². The van der Waals surface area contributed by atoms with Gasteiger partial charge in [-0.2, -0.15) is 4.31 Å². The molecule has 0 saturated heterocycles. The molecule has 1 aromatic heterocycles. The maximum absolute atomic E-state index is 13.6. The number of benzene rings is 2. The Morgan fingerprint density at radius 2 is 1.45 bits per heavy atom. The van der Waals surface area contributed by atoms with Crippen LogP contribution in [0.3, 0.4) is 0 Å². The molecule has 0 aliphatic carbocycles. The molecule has 11 nitrogen and oxygen atoms in total. The summed E-state index contributed by atoms with van der Waals surface area (Å²) in [5.74, 6) is -0.348. The largest absolute Gasteiger partial charge is 0.383 e. The Morgan fingerprint density at radius 1 is 0.875 bits per heavy atom. The van der Waals surface area contributed by atoms with Crippen LogP contribution in [-0.2, 0) is 29.3 Å². The van der Waals surface area contributed by atoms with Gasteiger partial charge in [0, 0.05) is 52.2 Å². The van der Waals surface area contributed by atoms with E-state index in [2.05, 4.69) is 4.98 Å². The highest BCUT2D eigenvalue weighted by molar-refractivity contribution is 7.90. The normalized spacial score (nSPS) is 12.2. The monoisotopic (exact) mass is 634 g/mol. The highest BCUT2D eigenvalue weighted by Gasteiger charge is 2.26. The van der Waals surface area contributed by atoms with Crippen LogP contribution in [0.1, 0.15) is 10.4 Å². The Bertz CT molecular complexity index is 1490. The predicted octanol–water partition coefficient (Wildman–Crippen LogP) is 2.61. The van der Waals surface area contributed by atoms with Crippen LogP contribution in [0.5, 0.6) is 0 Å². The van der Waals surface area contributed by atoms with Gasteiger partial charge in [-0.25, -0.2) is 21.8 Å². The first kappa shape index (κ1) is 34.0. The number of hydrogen-bond acceptors (Lipinski definition) is 10. The second kappa shape index (κ2) is 14.6. The fourth-order valence-corrected chi connectivity index (χ4v) is 6.79. The van der Waals surface area contributed by atoms with Gasteiger partial charge in [0.2, 0.25) is 10.0 Å². The van der Waals surface area contributed by atoms with Crippen molar-refractivity contribution in [3.8, 4) is 0 Å². The molecule has 40 heavy (non-hydrogen) atoms. The zero-order valence-electron chi connectivity index (χ0n) is 23.1. The van der Waals surface area contributed by atoms with E-state index in [0.29, 0.717) is 34.0 Å². The summed E-state index contributed by atoms with van der Waals surface area (Å²) in [7, 11) is -0.454. The second-order valence-electron chi connectivity index (χ2n) is 9.07. The molecule has 0 aliphatic heterocycles. The molecule has 0 unspecified atom stereocenters. The SMILES string of the molecule is COCCN(CCOC)S(=O)(=O)c1ccc(C(=O)N(CCN(C)C)c2nc3ccc(S(C)(=O)=O)cc3s2)cc1.Cl. The summed E-state index contributed by atoms with van der Waals surface area (Å²) in [6.07, 6.45) is 1.14. The molecule has 15 heteroatoms. The van der Waals surface area contributed by atoms with Crippen molar-refractivity contribution >= 4 is 64.9 Å². The lowest BCUT2D eigenvalue weighted by atomic mass is 10.2. The van der Waals surface area contributed by atoms with Gasteiger partial charge in [-0.05, 0) is 56.6 Å². The number of carbonyl (C=O) groups excluding carboxylic acids is 1. The molecule has 222 valence electrons. The average Bonchev–Trinajstić information content (AvgIpc) is 3.31. The van der Waals surface area contributed by atoms with Crippen molar-refractivity contribution in [3.05, 3.63) is 48.0 Å². The van der Waals surface area contributed by atoms with E-state index in [9.17, 15) is 21.6 Å². The molecule has 3 rings (SSSR count). The fraction of sp³-hybridized carbons (Fsp3) is 0.440. The first-order valence-electron chi connectivity index (χ1n) is 12.0. The Hall–Kier alpha value is -2.17. The van der Waals surface area contributed by atoms with Crippen LogP contribution in [0.4, 0.5) is 5.13 Å². The Labute approximate surface area is 246 Å². The third-order valence-corrected chi connectivity index (χ3v) is 9.92. The smallest absolute Gasteiger partial charge is 0.260 e. The zero-order valence-corrected chi connectivity index (χ0v) is 26.3. The molecule has 0 atom stereocenters. The van der Waals surface area contributed by atoms with Crippen molar-refractivity contribution in [3.63, 3.8) is 0 Å². The van der Waals surface area contributed by atoms with Gasteiger partial charge in [0.05, 0.1) is 33.2 Å². The van der Waals surface area contributed by atoms with Crippen molar-refractivity contribution in [2.24, 2.45) is 0 Å². The highest BCUT2D eigenvalue weighted by atomic mass is 35.5. The van der Waals surface area contributed by atoms with E-state index in [0.717, 1.165) is 6.26 Å². The number of carbonyl (C=O) groups is 1. The maximum atomic E-state index is 13.6. The number of sulfonamides is 1. The van der Waals surface area contributed by atoms with Crippen LogP contribution < -0.4 is 4.90 Å². The van der Waals surface area contributed by atoms with Gasteiger partial charge >= 0.3 is 0 Å². The van der Waals surface area contributed by atoms with Gasteiger partial charge < -0.3 is 14.4 Å². The summed E-state index contributed by atoms with van der Waals surface area (Å²) < 4.78 is 62.4. The summed E-state index contributed by atoms with van der Waals surface area (Å²) in [4.78, 5) is 21.9. The molecule has 0 saturated carbocycles. The number of sulfone groups is 1. The van der Waals surface area contributed by atoms with E-state index in [1.54, 1.807) is 12.1 Å². The molecule has 1 heterocycles. The first-order valence-corrected chi connectivity index (χ1v) is 16.2. The molecule has 0 bridgehead atoms. The molecule has 1 amide bonds. The van der Waals surface area contributed by atoms with Crippen molar-refractivity contribution in [1.82, 2.24) is 14.2 Å². The lowest BCUT2D eigenvalue weighted by Gasteiger charge is -2.23. The number of fused-ring (bicyclic) bond motifs is 1. The molecular formula is C25H35ClN4O7S3. The quantitative estimate of drug-likeness (QED) is 0.263. The van der Waals surface area contributed by atoms with Gasteiger partial charge in [0.15, 0.2) is 15.0 Å². The van der Waals surface area contributed by atoms with Crippen LogP contribution in [0, 0.1) is 0 Å². The van der Waals surface area contributed by atoms with Crippen LogP contribution >= 0.6 is 23.7 Å². The third-order valence-electron chi connectivity index (χ3n) is 5.85. The maximum Gasteiger partial charge on any atom is 0.260 e. The number of aromatic nitrogens is 1. The molecular weight excluding hydrogens is 600 g/mol.